The van der Waals surface area contributed by atoms with Gasteiger partial charge in [0.2, 0.25) is 5.60 Å². The molecule has 2 aliphatic rings. The van der Waals surface area contributed by atoms with E-state index in [4.69, 9.17) is 18.9 Å². The number of benzene rings is 2. The Morgan fingerprint density at radius 1 is 1.11 bits per heavy atom. The van der Waals surface area contributed by atoms with Crippen LogP contribution in [-0.2, 0) is 24.6 Å². The maximum Gasteiger partial charge on any atom is 0.347 e. The van der Waals surface area contributed by atoms with Crippen LogP contribution in [0.1, 0.15) is 30.4 Å². The third kappa shape index (κ3) is 3.17. The minimum atomic E-state index is -1.82. The van der Waals surface area contributed by atoms with Gasteiger partial charge in [0.15, 0.2) is 6.29 Å². The van der Waals surface area contributed by atoms with Gasteiger partial charge < -0.3 is 24.1 Å². The number of aliphatic hydroxyl groups is 1. The van der Waals surface area contributed by atoms with E-state index in [1.54, 1.807) is 24.3 Å². The molecule has 148 valence electrons. The first-order valence-corrected chi connectivity index (χ1v) is 9.56. The fourth-order valence-electron chi connectivity index (χ4n) is 3.93. The van der Waals surface area contributed by atoms with E-state index in [0.29, 0.717) is 36.7 Å². The molecule has 1 aliphatic carbocycles. The van der Waals surface area contributed by atoms with Crippen LogP contribution in [0.4, 0.5) is 0 Å². The van der Waals surface area contributed by atoms with Crippen LogP contribution in [0.2, 0.25) is 0 Å². The Bertz CT molecular complexity index is 858. The third-order valence-electron chi connectivity index (χ3n) is 5.27. The molecule has 6 nitrogen and oxygen atoms in total. The number of esters is 1. The number of unbranched alkanes of at least 4 members (excludes halogenated alkanes) is 1. The van der Waals surface area contributed by atoms with Gasteiger partial charge in [-0.25, -0.2) is 4.79 Å². The first kappa shape index (κ1) is 18.9. The highest BCUT2D eigenvalue weighted by molar-refractivity contribution is 5.97. The molecule has 0 spiro atoms. The number of rotatable bonds is 7. The van der Waals surface area contributed by atoms with Crippen molar-refractivity contribution in [2.45, 2.75) is 31.2 Å². The number of ether oxygens (including phenoxy) is 4. The summed E-state index contributed by atoms with van der Waals surface area (Å²) in [5.41, 5.74) is 0.716. The lowest BCUT2D eigenvalue weighted by molar-refractivity contribution is -0.158. The van der Waals surface area contributed by atoms with E-state index in [1.165, 1.54) is 7.11 Å². The lowest BCUT2D eigenvalue weighted by atomic mass is 9.91. The van der Waals surface area contributed by atoms with Crippen LogP contribution in [0.3, 0.4) is 0 Å². The van der Waals surface area contributed by atoms with Crippen LogP contribution < -0.4 is 4.74 Å². The van der Waals surface area contributed by atoms with Gasteiger partial charge in [-0.05, 0) is 30.9 Å². The monoisotopic (exact) mass is 384 g/mol. The minimum Gasteiger partial charge on any atom is -0.493 e. The summed E-state index contributed by atoms with van der Waals surface area (Å²) < 4.78 is 21.8. The van der Waals surface area contributed by atoms with Crippen molar-refractivity contribution in [3.63, 3.8) is 0 Å². The van der Waals surface area contributed by atoms with E-state index in [1.807, 2.05) is 18.2 Å². The molecule has 0 unspecified atom stereocenters. The second-order valence-corrected chi connectivity index (χ2v) is 6.94. The maximum atomic E-state index is 12.5. The van der Waals surface area contributed by atoms with Gasteiger partial charge in [0.05, 0.1) is 26.9 Å². The molecule has 0 radical (unpaired) electrons. The molecule has 2 aromatic rings. The molecule has 1 aliphatic heterocycles. The average Bonchev–Trinajstić information content (AvgIpc) is 3.34. The van der Waals surface area contributed by atoms with Crippen LogP contribution in [0, 0.1) is 0 Å². The van der Waals surface area contributed by atoms with Crippen LogP contribution in [0.25, 0.3) is 11.1 Å². The number of fused-ring (bicyclic) bond motifs is 3. The normalized spacial score (nSPS) is 20.6. The van der Waals surface area contributed by atoms with Gasteiger partial charge >= 0.3 is 5.97 Å². The number of hydrogen-bond donors (Lipinski definition) is 1. The van der Waals surface area contributed by atoms with Gasteiger partial charge in [-0.2, -0.15) is 0 Å². The molecule has 1 heterocycles. The molecule has 0 amide bonds. The van der Waals surface area contributed by atoms with Crippen molar-refractivity contribution in [3.8, 4) is 16.9 Å². The van der Waals surface area contributed by atoms with Gasteiger partial charge in [-0.1, -0.05) is 36.4 Å². The zero-order valence-corrected chi connectivity index (χ0v) is 15.8. The average molecular weight is 384 g/mol. The standard InChI is InChI=1S/C22H24O6/c1-25-21(23)22(24)16-8-3-2-7-15(16)20-17(22)9-6-10-18(20)26-12-5-4-11-19-27-13-14-28-19/h2-3,6-10,19,24H,4-5,11-14H2,1H3/t22-/m1/s1. The van der Waals surface area contributed by atoms with Crippen LogP contribution in [-0.4, -0.2) is 44.3 Å². The smallest absolute Gasteiger partial charge is 0.347 e. The van der Waals surface area contributed by atoms with Crippen molar-refractivity contribution in [2.75, 3.05) is 26.9 Å². The Hall–Kier alpha value is -2.41. The quantitative estimate of drug-likeness (QED) is 0.584. The Labute approximate surface area is 164 Å². The van der Waals surface area contributed by atoms with Crippen LogP contribution in [0.5, 0.6) is 5.75 Å². The summed E-state index contributed by atoms with van der Waals surface area (Å²) in [4.78, 5) is 12.5. The lowest BCUT2D eigenvalue weighted by Gasteiger charge is -2.22. The van der Waals surface area contributed by atoms with Gasteiger partial charge in [0.1, 0.15) is 5.75 Å². The molecule has 0 bridgehead atoms. The highest BCUT2D eigenvalue weighted by Crippen LogP contribution is 2.51. The number of hydrogen-bond acceptors (Lipinski definition) is 6. The Morgan fingerprint density at radius 3 is 2.64 bits per heavy atom. The summed E-state index contributed by atoms with van der Waals surface area (Å²) in [5, 5.41) is 11.3. The third-order valence-corrected chi connectivity index (χ3v) is 5.27. The summed E-state index contributed by atoms with van der Waals surface area (Å²) in [6, 6.07) is 12.7. The molecule has 1 atom stereocenters. The van der Waals surface area contributed by atoms with Crippen molar-refractivity contribution >= 4 is 5.97 Å². The van der Waals surface area contributed by atoms with Crippen molar-refractivity contribution in [3.05, 3.63) is 53.6 Å². The molecule has 1 N–H and O–H groups in total. The fraction of sp³-hybridized carbons (Fsp3) is 0.409. The van der Waals surface area contributed by atoms with E-state index in [9.17, 15) is 9.90 Å². The number of carbonyl (C=O) groups excluding carboxylic acids is 1. The van der Waals surface area contributed by atoms with Gasteiger partial charge in [-0.15, -0.1) is 0 Å². The highest BCUT2D eigenvalue weighted by Gasteiger charge is 2.49. The second kappa shape index (κ2) is 7.91. The second-order valence-electron chi connectivity index (χ2n) is 6.94. The van der Waals surface area contributed by atoms with Crippen LogP contribution >= 0.6 is 0 Å². The van der Waals surface area contributed by atoms with Gasteiger partial charge in [0, 0.05) is 16.7 Å². The van der Waals surface area contributed by atoms with Crippen molar-refractivity contribution in [2.24, 2.45) is 0 Å². The lowest BCUT2D eigenvalue weighted by Crippen LogP contribution is -2.36. The predicted octanol–water partition coefficient (Wildman–Crippen LogP) is 3.00. The molecule has 4 rings (SSSR count). The number of carbonyl (C=O) groups is 1. The van der Waals surface area contributed by atoms with E-state index in [-0.39, 0.29) is 6.29 Å². The Balaban J connectivity index is 1.53. The summed E-state index contributed by atoms with van der Waals surface area (Å²) in [5.74, 6) is -0.0504. The Kier molecular flexibility index (Phi) is 5.35. The molecular weight excluding hydrogens is 360 g/mol. The van der Waals surface area contributed by atoms with Gasteiger partial charge in [-0.3, -0.25) is 0 Å². The molecule has 0 saturated carbocycles. The first-order chi connectivity index (χ1) is 13.7. The molecular formula is C22H24O6. The summed E-state index contributed by atoms with van der Waals surface area (Å²) in [6.45, 7) is 1.86. The summed E-state index contributed by atoms with van der Waals surface area (Å²) >= 11 is 0. The van der Waals surface area contributed by atoms with Crippen molar-refractivity contribution < 1.29 is 28.8 Å². The molecule has 1 saturated heterocycles. The molecule has 1 fully saturated rings. The maximum absolute atomic E-state index is 12.5. The first-order valence-electron chi connectivity index (χ1n) is 9.56. The molecule has 0 aromatic heterocycles. The van der Waals surface area contributed by atoms with Crippen molar-refractivity contribution in [1.29, 1.82) is 0 Å². The zero-order valence-electron chi connectivity index (χ0n) is 15.8. The summed E-state index contributed by atoms with van der Waals surface area (Å²) in [7, 11) is 1.28. The van der Waals surface area contributed by atoms with Crippen molar-refractivity contribution in [1.82, 2.24) is 0 Å². The van der Waals surface area contributed by atoms with E-state index in [0.717, 1.165) is 30.4 Å². The SMILES string of the molecule is COC(=O)[C@@]1(O)c2ccccc2-c2c(OCCCCC3OCCO3)cccc21. The fourth-order valence-corrected chi connectivity index (χ4v) is 3.93. The largest absolute Gasteiger partial charge is 0.493 e. The summed E-state index contributed by atoms with van der Waals surface area (Å²) in [6.07, 6.45) is 2.54. The van der Waals surface area contributed by atoms with Crippen LogP contribution in [0.15, 0.2) is 42.5 Å². The van der Waals surface area contributed by atoms with Gasteiger partial charge in [0.25, 0.3) is 0 Å². The minimum absolute atomic E-state index is 0.0945. The zero-order chi connectivity index (χ0) is 19.6. The molecule has 28 heavy (non-hydrogen) atoms. The Morgan fingerprint density at radius 2 is 1.86 bits per heavy atom. The molecule has 2 aromatic carbocycles. The molecule has 6 heteroatoms. The topological polar surface area (TPSA) is 74.2 Å². The predicted molar refractivity (Wildman–Crippen MR) is 102 cm³/mol. The van der Waals surface area contributed by atoms with E-state index >= 15 is 0 Å². The number of methoxy groups -OCH3 is 1. The van der Waals surface area contributed by atoms with E-state index in [2.05, 4.69) is 0 Å². The van der Waals surface area contributed by atoms with E-state index < -0.39 is 11.6 Å². The highest BCUT2D eigenvalue weighted by atomic mass is 16.7.